The highest BCUT2D eigenvalue weighted by molar-refractivity contribution is 5.82. The Labute approximate surface area is 119 Å². The van der Waals surface area contributed by atoms with E-state index in [0.29, 0.717) is 0 Å². The molecule has 3 aromatic rings. The van der Waals surface area contributed by atoms with Crippen LogP contribution in [0.1, 0.15) is 23.7 Å². The van der Waals surface area contributed by atoms with E-state index in [1.54, 1.807) is 0 Å². The largest absolute Gasteiger partial charge is 0.361 e. The van der Waals surface area contributed by atoms with Crippen LogP contribution in [0.4, 0.5) is 0 Å². The Balaban J connectivity index is 1.69. The molecule has 0 radical (unpaired) electrons. The number of aryl methyl sites for hydroxylation is 1. The van der Waals surface area contributed by atoms with E-state index in [4.69, 9.17) is 0 Å². The molecule has 0 aliphatic heterocycles. The van der Waals surface area contributed by atoms with Crippen LogP contribution in [-0.2, 0) is 19.5 Å². The molecule has 0 atom stereocenters. The molecule has 0 spiro atoms. The van der Waals surface area contributed by atoms with Crippen LogP contribution in [0.25, 0.3) is 10.9 Å². The molecule has 0 saturated heterocycles. The smallest absolute Gasteiger partial charge is 0.0573 e. The fourth-order valence-corrected chi connectivity index (χ4v) is 2.57. The van der Waals surface area contributed by atoms with Crippen molar-refractivity contribution in [2.75, 3.05) is 0 Å². The summed E-state index contributed by atoms with van der Waals surface area (Å²) in [5.74, 6) is 0. The number of aromatic nitrogens is 2. The van der Waals surface area contributed by atoms with Crippen molar-refractivity contribution >= 4 is 10.9 Å². The Hall–Kier alpha value is -2.13. The molecule has 0 amide bonds. The van der Waals surface area contributed by atoms with Crippen LogP contribution in [0.5, 0.6) is 0 Å². The van der Waals surface area contributed by atoms with Gasteiger partial charge in [0.1, 0.15) is 0 Å². The Bertz CT molecular complexity index is 700. The highest BCUT2D eigenvalue weighted by Gasteiger charge is 2.03. The first-order valence-electron chi connectivity index (χ1n) is 7.07. The van der Waals surface area contributed by atoms with Crippen LogP contribution in [0, 0.1) is 0 Å². The number of hydrogen-bond donors (Lipinski definition) is 2. The maximum absolute atomic E-state index is 4.46. The second-order valence-corrected chi connectivity index (χ2v) is 4.92. The maximum atomic E-state index is 4.46. The maximum Gasteiger partial charge on any atom is 0.0573 e. The first-order chi connectivity index (χ1) is 9.88. The average molecular weight is 265 g/mol. The van der Waals surface area contributed by atoms with E-state index in [1.165, 1.54) is 22.0 Å². The minimum absolute atomic E-state index is 0.810. The van der Waals surface area contributed by atoms with E-state index in [2.05, 4.69) is 52.5 Å². The molecule has 1 aromatic carbocycles. The summed E-state index contributed by atoms with van der Waals surface area (Å²) in [6.07, 6.45) is 4.88. The Morgan fingerprint density at radius 3 is 2.85 bits per heavy atom. The van der Waals surface area contributed by atoms with Crippen LogP contribution in [0.15, 0.2) is 48.8 Å². The van der Waals surface area contributed by atoms with Gasteiger partial charge in [-0.15, -0.1) is 0 Å². The lowest BCUT2D eigenvalue weighted by Crippen LogP contribution is -2.15. The predicted molar refractivity (Wildman–Crippen MR) is 82.5 cm³/mol. The van der Waals surface area contributed by atoms with Crippen molar-refractivity contribution in [1.29, 1.82) is 0 Å². The van der Waals surface area contributed by atoms with Gasteiger partial charge in [0.2, 0.25) is 0 Å². The predicted octanol–water partition coefficient (Wildman–Crippen LogP) is 3.42. The van der Waals surface area contributed by atoms with E-state index in [-0.39, 0.29) is 0 Å². The molecular formula is C17H19N3. The molecule has 2 heterocycles. The summed E-state index contributed by atoms with van der Waals surface area (Å²) >= 11 is 0. The van der Waals surface area contributed by atoms with Gasteiger partial charge < -0.3 is 10.3 Å². The van der Waals surface area contributed by atoms with Crippen molar-refractivity contribution in [2.24, 2.45) is 0 Å². The summed E-state index contributed by atoms with van der Waals surface area (Å²) in [4.78, 5) is 7.71. The van der Waals surface area contributed by atoms with Crippen molar-refractivity contribution in [3.8, 4) is 0 Å². The van der Waals surface area contributed by atoms with E-state index in [1.807, 2.05) is 18.5 Å². The topological polar surface area (TPSA) is 40.7 Å². The molecule has 0 saturated carbocycles. The molecule has 0 bridgehead atoms. The monoisotopic (exact) mass is 265 g/mol. The summed E-state index contributed by atoms with van der Waals surface area (Å²) in [6, 6.07) is 12.6. The van der Waals surface area contributed by atoms with Gasteiger partial charge in [0.25, 0.3) is 0 Å². The fourth-order valence-electron chi connectivity index (χ4n) is 2.57. The van der Waals surface area contributed by atoms with Gasteiger partial charge >= 0.3 is 0 Å². The zero-order valence-corrected chi connectivity index (χ0v) is 11.7. The number of nitrogens with one attached hydrogen (secondary N) is 2. The Morgan fingerprint density at radius 1 is 1.05 bits per heavy atom. The standard InChI is InChI=1S/C17H19N3/c1-2-13-6-4-9-19-17(13)12-18-11-14-5-3-7-16-15(14)8-10-20-16/h3-10,18,20H,2,11-12H2,1H3. The Morgan fingerprint density at radius 2 is 1.95 bits per heavy atom. The number of benzene rings is 1. The van der Waals surface area contributed by atoms with E-state index in [9.17, 15) is 0 Å². The third-order valence-electron chi connectivity index (χ3n) is 3.66. The third-order valence-corrected chi connectivity index (χ3v) is 3.66. The lowest BCUT2D eigenvalue weighted by molar-refractivity contribution is 0.676. The molecule has 0 fully saturated rings. The van der Waals surface area contributed by atoms with Crippen LogP contribution in [0.2, 0.25) is 0 Å². The number of hydrogen-bond acceptors (Lipinski definition) is 2. The van der Waals surface area contributed by atoms with Gasteiger partial charge in [0.05, 0.1) is 5.69 Å². The van der Waals surface area contributed by atoms with Gasteiger partial charge in [0.15, 0.2) is 0 Å². The molecule has 0 aliphatic carbocycles. The van der Waals surface area contributed by atoms with E-state index >= 15 is 0 Å². The number of fused-ring (bicyclic) bond motifs is 1. The van der Waals surface area contributed by atoms with Crippen molar-refractivity contribution in [1.82, 2.24) is 15.3 Å². The van der Waals surface area contributed by atoms with Crippen molar-refractivity contribution < 1.29 is 0 Å². The molecule has 2 aromatic heterocycles. The minimum atomic E-state index is 0.810. The van der Waals surface area contributed by atoms with Gasteiger partial charge in [0, 0.05) is 36.4 Å². The summed E-state index contributed by atoms with van der Waals surface area (Å²) in [5.41, 5.74) is 4.98. The molecule has 3 heteroatoms. The summed E-state index contributed by atoms with van der Waals surface area (Å²) in [5, 5.41) is 4.79. The summed E-state index contributed by atoms with van der Waals surface area (Å²) in [6.45, 7) is 3.83. The van der Waals surface area contributed by atoms with Crippen molar-refractivity contribution in [3.63, 3.8) is 0 Å². The van der Waals surface area contributed by atoms with Gasteiger partial charge in [-0.05, 0) is 35.7 Å². The van der Waals surface area contributed by atoms with Crippen molar-refractivity contribution in [2.45, 2.75) is 26.4 Å². The lowest BCUT2D eigenvalue weighted by Gasteiger charge is -2.09. The summed E-state index contributed by atoms with van der Waals surface area (Å²) < 4.78 is 0. The van der Waals surface area contributed by atoms with E-state index < -0.39 is 0 Å². The highest BCUT2D eigenvalue weighted by Crippen LogP contribution is 2.17. The van der Waals surface area contributed by atoms with Crippen molar-refractivity contribution in [3.05, 3.63) is 65.6 Å². The molecule has 0 aliphatic rings. The molecule has 3 rings (SSSR count). The first kappa shape index (κ1) is 12.9. The van der Waals surface area contributed by atoms with Crippen LogP contribution in [0.3, 0.4) is 0 Å². The third kappa shape index (κ3) is 2.58. The zero-order valence-electron chi connectivity index (χ0n) is 11.7. The zero-order chi connectivity index (χ0) is 13.8. The number of aromatic amines is 1. The molecule has 102 valence electrons. The van der Waals surface area contributed by atoms with Crippen LogP contribution < -0.4 is 5.32 Å². The van der Waals surface area contributed by atoms with Gasteiger partial charge in [-0.3, -0.25) is 4.98 Å². The average Bonchev–Trinajstić information content (AvgIpc) is 2.97. The number of pyridine rings is 1. The van der Waals surface area contributed by atoms with Crippen LogP contribution in [-0.4, -0.2) is 9.97 Å². The van der Waals surface area contributed by atoms with Gasteiger partial charge in [-0.25, -0.2) is 0 Å². The van der Waals surface area contributed by atoms with Crippen LogP contribution >= 0.6 is 0 Å². The Kier molecular flexibility index (Phi) is 3.79. The second-order valence-electron chi connectivity index (χ2n) is 4.92. The fraction of sp³-hybridized carbons (Fsp3) is 0.235. The lowest BCUT2D eigenvalue weighted by atomic mass is 10.1. The quantitative estimate of drug-likeness (QED) is 0.742. The molecule has 20 heavy (non-hydrogen) atoms. The number of rotatable bonds is 5. The minimum Gasteiger partial charge on any atom is -0.361 e. The molecule has 0 unspecified atom stereocenters. The van der Waals surface area contributed by atoms with Gasteiger partial charge in [-0.2, -0.15) is 0 Å². The van der Waals surface area contributed by atoms with E-state index in [0.717, 1.165) is 25.2 Å². The summed E-state index contributed by atoms with van der Waals surface area (Å²) in [7, 11) is 0. The molecular weight excluding hydrogens is 246 g/mol. The second kappa shape index (κ2) is 5.88. The normalized spacial score (nSPS) is 11.1. The molecule has 3 nitrogen and oxygen atoms in total. The SMILES string of the molecule is CCc1cccnc1CNCc1cccc2[nH]ccc12. The highest BCUT2D eigenvalue weighted by atomic mass is 14.9. The number of nitrogens with zero attached hydrogens (tertiary/aromatic N) is 1. The molecule has 2 N–H and O–H groups in total. The number of H-pyrrole nitrogens is 1. The van der Waals surface area contributed by atoms with Gasteiger partial charge in [-0.1, -0.05) is 25.1 Å². The first-order valence-corrected chi connectivity index (χ1v) is 7.07.